The lowest BCUT2D eigenvalue weighted by Crippen LogP contribution is -2.33. The fourth-order valence-electron chi connectivity index (χ4n) is 0.977. The molecule has 0 amide bonds. The summed E-state index contributed by atoms with van der Waals surface area (Å²) in [5.74, 6) is 0. The Balaban J connectivity index is 2.31. The average Bonchev–Trinajstić information content (AvgIpc) is 2.31. The van der Waals surface area contributed by atoms with Gasteiger partial charge in [-0.2, -0.15) is 5.10 Å². The van der Waals surface area contributed by atoms with E-state index in [9.17, 15) is 0 Å². The van der Waals surface area contributed by atoms with E-state index in [1.54, 1.807) is 0 Å². The van der Waals surface area contributed by atoms with Gasteiger partial charge in [0.05, 0.1) is 0 Å². The van der Waals surface area contributed by atoms with Crippen LogP contribution in [0.3, 0.4) is 0 Å². The summed E-state index contributed by atoms with van der Waals surface area (Å²) in [7, 11) is 1.96. The number of halogens is 1. The van der Waals surface area contributed by atoms with Crippen molar-refractivity contribution in [1.29, 1.82) is 0 Å². The summed E-state index contributed by atoms with van der Waals surface area (Å²) in [4.78, 5) is 2.18. The van der Waals surface area contributed by atoms with E-state index in [0.29, 0.717) is 0 Å². The van der Waals surface area contributed by atoms with Gasteiger partial charge in [0.1, 0.15) is 6.34 Å². The number of nitrogens with zero attached hydrogens (tertiary/aromatic N) is 3. The number of unbranched alkanes of at least 4 members (excludes halogenated alkanes) is 1. The van der Waals surface area contributed by atoms with Crippen LogP contribution in [0.4, 0.5) is 0 Å². The van der Waals surface area contributed by atoms with Crippen molar-refractivity contribution in [2.24, 2.45) is 5.10 Å². The van der Waals surface area contributed by atoms with Gasteiger partial charge in [-0.15, -0.1) is 0 Å². The second-order valence-electron chi connectivity index (χ2n) is 2.71. The van der Waals surface area contributed by atoms with Gasteiger partial charge in [0.15, 0.2) is 5.08 Å². The second-order valence-corrected chi connectivity index (χ2v) is 3.53. The second kappa shape index (κ2) is 3.95. The minimum Gasteiger partial charge on any atom is -0.331 e. The van der Waals surface area contributed by atoms with Gasteiger partial charge in [-0.3, -0.25) is 5.01 Å². The van der Waals surface area contributed by atoms with Gasteiger partial charge >= 0.3 is 0 Å². The molecular weight excluding hydrogens is 206 g/mol. The van der Waals surface area contributed by atoms with Crippen LogP contribution in [0.1, 0.15) is 19.8 Å². The molecule has 0 saturated carbocycles. The Bertz CT molecular complexity index is 149. The van der Waals surface area contributed by atoms with Crippen molar-refractivity contribution in [2.45, 2.75) is 24.8 Å². The molecule has 3 nitrogen and oxygen atoms in total. The molecule has 64 valence electrons. The zero-order valence-electron chi connectivity index (χ0n) is 7.00. The third kappa shape index (κ3) is 2.09. The molecule has 0 spiro atoms. The fraction of sp³-hybridized carbons (Fsp3) is 0.857. The molecule has 1 heterocycles. The highest BCUT2D eigenvalue weighted by atomic mass is 79.9. The van der Waals surface area contributed by atoms with E-state index in [-0.39, 0.29) is 5.08 Å². The SMILES string of the molecule is CCCCN1C=NN(C)C1Br. The van der Waals surface area contributed by atoms with E-state index in [0.717, 1.165) is 6.54 Å². The van der Waals surface area contributed by atoms with Crippen molar-refractivity contribution in [3.05, 3.63) is 0 Å². The third-order valence-corrected chi connectivity index (χ3v) is 2.85. The summed E-state index contributed by atoms with van der Waals surface area (Å²) in [5, 5.41) is 6.30. The highest BCUT2D eigenvalue weighted by molar-refractivity contribution is 9.09. The summed E-state index contributed by atoms with van der Waals surface area (Å²) in [6.07, 6.45) is 4.34. The standard InChI is InChI=1S/C7H14BrN3/c1-3-4-5-11-6-9-10(2)7(11)8/h6-7H,3-5H2,1-2H3. The van der Waals surface area contributed by atoms with Crippen LogP contribution >= 0.6 is 15.9 Å². The van der Waals surface area contributed by atoms with Gasteiger partial charge in [-0.05, 0) is 22.4 Å². The van der Waals surface area contributed by atoms with E-state index in [4.69, 9.17) is 0 Å². The van der Waals surface area contributed by atoms with Crippen LogP contribution in [0.5, 0.6) is 0 Å². The Kier molecular flexibility index (Phi) is 3.17. The zero-order chi connectivity index (χ0) is 8.27. The Morgan fingerprint density at radius 1 is 1.64 bits per heavy atom. The minimum atomic E-state index is 0.258. The Hall–Kier alpha value is -0.250. The molecule has 0 fully saturated rings. The third-order valence-electron chi connectivity index (χ3n) is 1.73. The lowest BCUT2D eigenvalue weighted by Gasteiger charge is -2.22. The van der Waals surface area contributed by atoms with Crippen LogP contribution in [0.25, 0.3) is 0 Å². The van der Waals surface area contributed by atoms with Gasteiger partial charge in [-0.25, -0.2) is 0 Å². The zero-order valence-corrected chi connectivity index (χ0v) is 8.58. The summed E-state index contributed by atoms with van der Waals surface area (Å²) in [5.41, 5.74) is 0. The summed E-state index contributed by atoms with van der Waals surface area (Å²) in [6.45, 7) is 3.28. The molecule has 1 aliphatic rings. The highest BCUT2D eigenvalue weighted by Crippen LogP contribution is 2.15. The molecule has 0 bridgehead atoms. The average molecular weight is 220 g/mol. The number of rotatable bonds is 3. The molecule has 1 unspecified atom stereocenters. The lowest BCUT2D eigenvalue weighted by molar-refractivity contribution is 0.249. The van der Waals surface area contributed by atoms with Crippen LogP contribution in [-0.2, 0) is 0 Å². The molecule has 1 atom stereocenters. The molecule has 11 heavy (non-hydrogen) atoms. The number of alkyl halides is 1. The summed E-state index contributed by atoms with van der Waals surface area (Å²) < 4.78 is 0. The van der Waals surface area contributed by atoms with Crippen molar-refractivity contribution < 1.29 is 0 Å². The minimum absolute atomic E-state index is 0.258. The van der Waals surface area contributed by atoms with Crippen molar-refractivity contribution in [2.75, 3.05) is 13.6 Å². The molecule has 0 aromatic carbocycles. The molecule has 0 saturated heterocycles. The quantitative estimate of drug-likeness (QED) is 0.532. The number of hydrazone groups is 1. The van der Waals surface area contributed by atoms with Gasteiger partial charge in [0.25, 0.3) is 0 Å². The highest BCUT2D eigenvalue weighted by Gasteiger charge is 2.20. The first-order chi connectivity index (χ1) is 5.25. The largest absolute Gasteiger partial charge is 0.331 e. The smallest absolute Gasteiger partial charge is 0.175 e. The van der Waals surface area contributed by atoms with E-state index >= 15 is 0 Å². The maximum Gasteiger partial charge on any atom is 0.175 e. The van der Waals surface area contributed by atoms with Crippen molar-refractivity contribution in [3.8, 4) is 0 Å². The molecule has 4 heteroatoms. The van der Waals surface area contributed by atoms with Gasteiger partial charge in [-0.1, -0.05) is 13.3 Å². The van der Waals surface area contributed by atoms with Crippen LogP contribution in [-0.4, -0.2) is 34.9 Å². The molecule has 0 N–H and O–H groups in total. The van der Waals surface area contributed by atoms with Crippen molar-refractivity contribution in [1.82, 2.24) is 9.91 Å². The van der Waals surface area contributed by atoms with Crippen LogP contribution in [0.15, 0.2) is 5.10 Å². The van der Waals surface area contributed by atoms with Gasteiger partial charge in [0, 0.05) is 13.6 Å². The first kappa shape index (κ1) is 8.84. The molecule has 0 aromatic rings. The Labute approximate surface area is 76.2 Å². The van der Waals surface area contributed by atoms with E-state index < -0.39 is 0 Å². The summed E-state index contributed by atoms with van der Waals surface area (Å²) in [6, 6.07) is 0. The van der Waals surface area contributed by atoms with Gasteiger partial charge in [0.2, 0.25) is 0 Å². The van der Waals surface area contributed by atoms with Crippen molar-refractivity contribution in [3.63, 3.8) is 0 Å². The molecule has 1 aliphatic heterocycles. The first-order valence-electron chi connectivity index (χ1n) is 3.92. The predicted molar refractivity (Wildman–Crippen MR) is 50.6 cm³/mol. The maximum atomic E-state index is 4.14. The molecule has 0 aromatic heterocycles. The number of hydrogen-bond donors (Lipinski definition) is 0. The van der Waals surface area contributed by atoms with E-state index in [1.807, 2.05) is 18.4 Å². The molecule has 0 radical (unpaired) electrons. The van der Waals surface area contributed by atoms with Gasteiger partial charge < -0.3 is 4.90 Å². The van der Waals surface area contributed by atoms with Crippen LogP contribution in [0, 0.1) is 0 Å². The first-order valence-corrected chi connectivity index (χ1v) is 4.84. The van der Waals surface area contributed by atoms with E-state index in [1.165, 1.54) is 12.8 Å². The Morgan fingerprint density at radius 2 is 2.36 bits per heavy atom. The Morgan fingerprint density at radius 3 is 2.82 bits per heavy atom. The van der Waals surface area contributed by atoms with E-state index in [2.05, 4.69) is 32.9 Å². The topological polar surface area (TPSA) is 18.8 Å². The van der Waals surface area contributed by atoms with Crippen LogP contribution < -0.4 is 0 Å². The molecular formula is C7H14BrN3. The summed E-state index contributed by atoms with van der Waals surface area (Å²) >= 11 is 3.53. The normalized spacial score (nSPS) is 23.4. The molecule has 1 rings (SSSR count). The number of hydrogen-bond acceptors (Lipinski definition) is 3. The molecule has 0 aliphatic carbocycles. The maximum absolute atomic E-state index is 4.14. The predicted octanol–water partition coefficient (Wildman–Crippen LogP) is 1.66. The monoisotopic (exact) mass is 219 g/mol. The lowest BCUT2D eigenvalue weighted by atomic mass is 10.3. The van der Waals surface area contributed by atoms with Crippen molar-refractivity contribution >= 4 is 22.3 Å². The van der Waals surface area contributed by atoms with Crippen LogP contribution in [0.2, 0.25) is 0 Å². The fourth-order valence-corrected chi connectivity index (χ4v) is 1.39.